The van der Waals surface area contributed by atoms with Gasteiger partial charge in [-0.1, -0.05) is 0 Å². The van der Waals surface area contributed by atoms with Gasteiger partial charge in [-0.05, 0) is 19.1 Å². The third-order valence-corrected chi connectivity index (χ3v) is 2.89. The number of fused-ring (bicyclic) bond motifs is 1. The van der Waals surface area contributed by atoms with E-state index in [4.69, 9.17) is 11.6 Å². The molecule has 0 saturated carbocycles. The van der Waals surface area contributed by atoms with Crippen molar-refractivity contribution in [3.05, 3.63) is 23.7 Å². The predicted molar refractivity (Wildman–Crippen MR) is 68.7 cm³/mol. The van der Waals surface area contributed by atoms with Crippen LogP contribution < -0.4 is 0 Å². The van der Waals surface area contributed by atoms with Crippen molar-refractivity contribution in [3.8, 4) is 0 Å². The Morgan fingerprint density at radius 1 is 1.30 bits per heavy atom. The third-order valence-electron chi connectivity index (χ3n) is 2.65. The van der Waals surface area contributed by atoms with Crippen molar-refractivity contribution in [2.75, 3.05) is 13.2 Å². The van der Waals surface area contributed by atoms with E-state index in [2.05, 4.69) is 14.7 Å². The van der Waals surface area contributed by atoms with Gasteiger partial charge < -0.3 is 9.30 Å². The first-order valence-electron chi connectivity index (χ1n) is 5.94. The molecule has 2 aromatic rings. The van der Waals surface area contributed by atoms with Gasteiger partial charge in [0.2, 0.25) is 0 Å². The second kappa shape index (κ2) is 5.97. The van der Waals surface area contributed by atoms with Gasteiger partial charge in [0.15, 0.2) is 5.65 Å². The Morgan fingerprint density at radius 2 is 2.05 bits per heavy atom. The van der Waals surface area contributed by atoms with Crippen LogP contribution in [0.1, 0.15) is 11.5 Å². The van der Waals surface area contributed by atoms with E-state index in [-0.39, 0.29) is 19.0 Å². The fourth-order valence-corrected chi connectivity index (χ4v) is 2.03. The molecule has 0 spiro atoms. The fourth-order valence-electron chi connectivity index (χ4n) is 1.82. The topological polar surface area (TPSA) is 39.9 Å². The molecule has 0 radical (unpaired) electrons. The lowest BCUT2D eigenvalue weighted by Gasteiger charge is -2.10. The number of hydrogen-bond acceptors (Lipinski definition) is 3. The molecule has 0 aromatic carbocycles. The molecule has 0 fully saturated rings. The molecular weight excluding hydrogens is 295 g/mol. The van der Waals surface area contributed by atoms with Gasteiger partial charge in [0.1, 0.15) is 17.9 Å². The predicted octanol–water partition coefficient (Wildman–Crippen LogP) is 3.06. The third kappa shape index (κ3) is 3.61. The minimum Gasteiger partial charge on any atom is -0.370 e. The Kier molecular flexibility index (Phi) is 4.49. The van der Waals surface area contributed by atoms with E-state index in [0.717, 1.165) is 5.69 Å². The number of nitrogens with zero attached hydrogens (tertiary/aromatic N) is 3. The Morgan fingerprint density at radius 3 is 2.70 bits per heavy atom. The molecule has 2 rings (SSSR count). The fraction of sp³-hybridized carbons (Fsp3) is 0.500. The van der Waals surface area contributed by atoms with Crippen LogP contribution in [0.3, 0.4) is 0 Å². The molecule has 0 bridgehead atoms. The molecule has 2 aromatic heterocycles. The summed E-state index contributed by atoms with van der Waals surface area (Å²) >= 11 is 5.80. The van der Waals surface area contributed by atoms with Gasteiger partial charge in [-0.15, -0.1) is 11.6 Å². The van der Waals surface area contributed by atoms with Gasteiger partial charge in [-0.3, -0.25) is 0 Å². The maximum atomic E-state index is 12.0. The molecule has 2 heterocycles. The zero-order chi connectivity index (χ0) is 14.8. The molecule has 20 heavy (non-hydrogen) atoms. The lowest BCUT2D eigenvalue weighted by atomic mass is 10.3. The largest absolute Gasteiger partial charge is 0.411 e. The highest BCUT2D eigenvalue weighted by molar-refractivity contribution is 6.16. The van der Waals surface area contributed by atoms with Crippen molar-refractivity contribution < 1.29 is 17.9 Å². The molecule has 0 amide bonds. The molecule has 0 saturated heterocycles. The van der Waals surface area contributed by atoms with Crippen molar-refractivity contribution in [1.29, 1.82) is 0 Å². The van der Waals surface area contributed by atoms with Gasteiger partial charge in [0.25, 0.3) is 0 Å². The summed E-state index contributed by atoms with van der Waals surface area (Å²) in [7, 11) is 0. The Bertz CT molecular complexity index is 597. The zero-order valence-corrected chi connectivity index (χ0v) is 11.5. The van der Waals surface area contributed by atoms with E-state index < -0.39 is 12.8 Å². The molecule has 0 unspecified atom stereocenters. The van der Waals surface area contributed by atoms with Crippen molar-refractivity contribution in [1.82, 2.24) is 14.5 Å². The first kappa shape index (κ1) is 15.1. The number of halogens is 4. The second-order valence-corrected chi connectivity index (χ2v) is 4.54. The maximum Gasteiger partial charge on any atom is 0.411 e. The highest BCUT2D eigenvalue weighted by Crippen LogP contribution is 2.17. The van der Waals surface area contributed by atoms with E-state index >= 15 is 0 Å². The Labute approximate surface area is 118 Å². The standard InChI is InChI=1S/C12H13ClF3N3O/c1-8-2-3-9-11(17-8)19(10(6-13)18-9)4-5-20-7-12(14,15)16/h2-3H,4-7H2,1H3. The van der Waals surface area contributed by atoms with Crippen LogP contribution in [-0.4, -0.2) is 33.9 Å². The Hall–Kier alpha value is -1.34. The van der Waals surface area contributed by atoms with Crippen LogP contribution in [-0.2, 0) is 17.2 Å². The minimum absolute atomic E-state index is 0.0789. The summed E-state index contributed by atoms with van der Waals surface area (Å²) in [6.45, 7) is 0.717. The van der Waals surface area contributed by atoms with Crippen LogP contribution in [0.25, 0.3) is 11.2 Å². The van der Waals surface area contributed by atoms with Crippen molar-refractivity contribution in [2.45, 2.75) is 25.5 Å². The molecule has 0 atom stereocenters. The summed E-state index contributed by atoms with van der Waals surface area (Å²) in [5.74, 6) is 0.727. The summed E-state index contributed by atoms with van der Waals surface area (Å²) in [6.07, 6.45) is -4.32. The molecule has 0 aliphatic rings. The second-order valence-electron chi connectivity index (χ2n) is 4.28. The van der Waals surface area contributed by atoms with Crippen LogP contribution in [0.2, 0.25) is 0 Å². The molecule has 0 N–H and O–H groups in total. The van der Waals surface area contributed by atoms with Gasteiger partial charge in [-0.25, -0.2) is 9.97 Å². The van der Waals surface area contributed by atoms with Crippen molar-refractivity contribution in [2.24, 2.45) is 0 Å². The number of aryl methyl sites for hydroxylation is 1. The minimum atomic E-state index is -4.32. The van der Waals surface area contributed by atoms with Crippen LogP contribution in [0, 0.1) is 6.92 Å². The van der Waals surface area contributed by atoms with Gasteiger partial charge in [0, 0.05) is 12.2 Å². The molecule has 8 heteroatoms. The first-order chi connectivity index (χ1) is 9.40. The highest BCUT2D eigenvalue weighted by atomic mass is 35.5. The number of rotatable bonds is 5. The molecule has 0 aliphatic heterocycles. The van der Waals surface area contributed by atoms with Crippen LogP contribution in [0.5, 0.6) is 0 Å². The molecule has 110 valence electrons. The maximum absolute atomic E-state index is 12.0. The lowest BCUT2D eigenvalue weighted by molar-refractivity contribution is -0.174. The lowest BCUT2D eigenvalue weighted by Crippen LogP contribution is -2.19. The first-order valence-corrected chi connectivity index (χ1v) is 6.47. The highest BCUT2D eigenvalue weighted by Gasteiger charge is 2.27. The summed E-state index contributed by atoms with van der Waals surface area (Å²) in [4.78, 5) is 8.63. The average Bonchev–Trinajstić information content (AvgIpc) is 2.71. The van der Waals surface area contributed by atoms with E-state index in [1.165, 1.54) is 0 Å². The van der Waals surface area contributed by atoms with E-state index in [9.17, 15) is 13.2 Å². The summed E-state index contributed by atoms with van der Waals surface area (Å²) in [5.41, 5.74) is 2.08. The summed E-state index contributed by atoms with van der Waals surface area (Å²) < 4.78 is 42.3. The zero-order valence-electron chi connectivity index (χ0n) is 10.7. The quantitative estimate of drug-likeness (QED) is 0.629. The van der Waals surface area contributed by atoms with E-state index in [1.807, 2.05) is 13.0 Å². The summed E-state index contributed by atoms with van der Waals surface area (Å²) in [5, 5.41) is 0. The number of hydrogen-bond donors (Lipinski definition) is 0. The van der Waals surface area contributed by atoms with Gasteiger partial charge in [0.05, 0.1) is 12.5 Å². The van der Waals surface area contributed by atoms with Crippen molar-refractivity contribution in [3.63, 3.8) is 0 Å². The number of alkyl halides is 4. The van der Waals surface area contributed by atoms with Crippen LogP contribution >= 0.6 is 11.6 Å². The summed E-state index contributed by atoms with van der Waals surface area (Å²) in [6, 6.07) is 3.62. The Balaban J connectivity index is 2.13. The molecule has 4 nitrogen and oxygen atoms in total. The van der Waals surface area contributed by atoms with Crippen molar-refractivity contribution >= 4 is 22.8 Å². The monoisotopic (exact) mass is 307 g/mol. The molecule has 0 aliphatic carbocycles. The molecular formula is C12H13ClF3N3O. The number of aromatic nitrogens is 3. The normalized spacial score (nSPS) is 12.2. The van der Waals surface area contributed by atoms with E-state index in [1.54, 1.807) is 10.6 Å². The van der Waals surface area contributed by atoms with Crippen LogP contribution in [0.15, 0.2) is 12.1 Å². The number of imidazole rings is 1. The SMILES string of the molecule is Cc1ccc2nc(CCl)n(CCOCC(F)(F)F)c2n1. The number of pyridine rings is 1. The average molecular weight is 308 g/mol. The smallest absolute Gasteiger partial charge is 0.370 e. The number of ether oxygens (including phenoxy) is 1. The van der Waals surface area contributed by atoms with Gasteiger partial charge in [-0.2, -0.15) is 13.2 Å². The van der Waals surface area contributed by atoms with E-state index in [0.29, 0.717) is 17.0 Å². The van der Waals surface area contributed by atoms with Crippen LogP contribution in [0.4, 0.5) is 13.2 Å². The van der Waals surface area contributed by atoms with Gasteiger partial charge >= 0.3 is 6.18 Å².